The first kappa shape index (κ1) is 10.9. The van der Waals surface area contributed by atoms with Crippen LogP contribution in [0.4, 0.5) is 0 Å². The number of nitrogens with zero attached hydrogens (tertiary/aromatic N) is 1. The predicted octanol–water partition coefficient (Wildman–Crippen LogP) is 0.573. The van der Waals surface area contributed by atoms with Crippen LogP contribution < -0.4 is 4.72 Å². The fourth-order valence-electron chi connectivity index (χ4n) is 1.29. The van der Waals surface area contributed by atoms with Crippen molar-refractivity contribution in [3.63, 3.8) is 0 Å². The lowest BCUT2D eigenvalue weighted by Gasteiger charge is -2.16. The number of hydrogen-bond acceptors (Lipinski definition) is 2. The summed E-state index contributed by atoms with van der Waals surface area (Å²) in [5.41, 5.74) is 0. The Balaban J connectivity index is 2.45. The van der Waals surface area contributed by atoms with E-state index in [2.05, 4.69) is 4.72 Å². The first-order chi connectivity index (χ1) is 6.02. The molecule has 0 aromatic rings. The van der Waals surface area contributed by atoms with Crippen LogP contribution in [-0.4, -0.2) is 32.4 Å². The van der Waals surface area contributed by atoms with Crippen molar-refractivity contribution in [3.05, 3.63) is 0 Å². The molecule has 0 saturated carbocycles. The Kier molecular flexibility index (Phi) is 3.70. The third kappa shape index (κ3) is 3.25. The minimum Gasteiger partial charge on any atom is -0.202 e. The van der Waals surface area contributed by atoms with Gasteiger partial charge in [0.1, 0.15) is 0 Å². The molecule has 13 heavy (non-hydrogen) atoms. The molecule has 0 radical (unpaired) electrons. The smallest absolute Gasteiger partial charge is 0.202 e. The molecule has 1 rings (SSSR count). The molecule has 1 aliphatic heterocycles. The molecule has 1 fully saturated rings. The Bertz CT molecular complexity index is 243. The van der Waals surface area contributed by atoms with Gasteiger partial charge in [-0.1, -0.05) is 13.8 Å². The first-order valence-corrected chi connectivity index (χ1v) is 6.21. The number of nitrogens with one attached hydrogen (secondary N) is 1. The van der Waals surface area contributed by atoms with E-state index in [4.69, 9.17) is 0 Å². The van der Waals surface area contributed by atoms with Gasteiger partial charge in [-0.15, -0.1) is 0 Å². The average Bonchev–Trinajstić information content (AvgIpc) is 2.53. The Morgan fingerprint density at radius 3 is 2.31 bits per heavy atom. The van der Waals surface area contributed by atoms with E-state index < -0.39 is 10.2 Å². The van der Waals surface area contributed by atoms with Crippen molar-refractivity contribution in [2.45, 2.75) is 26.7 Å². The van der Waals surface area contributed by atoms with E-state index >= 15 is 0 Å². The standard InChI is InChI=1S/C8H18N2O2S/c1-8(2)7-9-13(11,12)10-5-3-4-6-10/h8-9H,3-7H2,1-2H3. The van der Waals surface area contributed by atoms with Crippen LogP contribution in [0.5, 0.6) is 0 Å². The van der Waals surface area contributed by atoms with E-state index in [-0.39, 0.29) is 0 Å². The van der Waals surface area contributed by atoms with Crippen LogP contribution in [0.3, 0.4) is 0 Å². The Morgan fingerprint density at radius 2 is 1.85 bits per heavy atom. The zero-order valence-corrected chi connectivity index (χ0v) is 9.10. The van der Waals surface area contributed by atoms with Crippen LogP contribution in [0.15, 0.2) is 0 Å². The highest BCUT2D eigenvalue weighted by molar-refractivity contribution is 7.87. The summed E-state index contributed by atoms with van der Waals surface area (Å²) in [6, 6.07) is 0. The molecular formula is C8H18N2O2S. The van der Waals surface area contributed by atoms with Crippen molar-refractivity contribution in [2.75, 3.05) is 19.6 Å². The highest BCUT2D eigenvalue weighted by Crippen LogP contribution is 2.11. The van der Waals surface area contributed by atoms with Crippen molar-refractivity contribution in [1.29, 1.82) is 0 Å². The molecular weight excluding hydrogens is 188 g/mol. The molecule has 0 aromatic heterocycles. The second-order valence-corrected chi connectivity index (χ2v) is 5.61. The van der Waals surface area contributed by atoms with Gasteiger partial charge in [-0.2, -0.15) is 12.7 Å². The van der Waals surface area contributed by atoms with Gasteiger partial charge in [0.15, 0.2) is 0 Å². The third-order valence-electron chi connectivity index (χ3n) is 2.08. The normalized spacial score (nSPS) is 19.9. The number of hydrogen-bond donors (Lipinski definition) is 1. The first-order valence-electron chi connectivity index (χ1n) is 4.77. The van der Waals surface area contributed by atoms with Gasteiger partial charge in [0.25, 0.3) is 10.2 Å². The quantitative estimate of drug-likeness (QED) is 0.731. The SMILES string of the molecule is CC(C)CNS(=O)(=O)N1CCCC1. The molecule has 0 aliphatic carbocycles. The zero-order chi connectivity index (χ0) is 9.90. The molecule has 1 heterocycles. The van der Waals surface area contributed by atoms with Gasteiger partial charge in [-0.05, 0) is 18.8 Å². The summed E-state index contributed by atoms with van der Waals surface area (Å²) in [6.07, 6.45) is 1.98. The lowest BCUT2D eigenvalue weighted by molar-refractivity contribution is 0.458. The highest BCUT2D eigenvalue weighted by Gasteiger charge is 2.24. The van der Waals surface area contributed by atoms with Crippen LogP contribution in [0.25, 0.3) is 0 Å². The van der Waals surface area contributed by atoms with Crippen LogP contribution in [0, 0.1) is 5.92 Å². The van der Waals surface area contributed by atoms with Crippen molar-refractivity contribution >= 4 is 10.2 Å². The molecule has 0 unspecified atom stereocenters. The molecule has 1 aliphatic rings. The summed E-state index contributed by atoms with van der Waals surface area (Å²) in [4.78, 5) is 0. The lowest BCUT2D eigenvalue weighted by Crippen LogP contribution is -2.40. The summed E-state index contributed by atoms with van der Waals surface area (Å²) in [5, 5.41) is 0. The second-order valence-electron chi connectivity index (χ2n) is 3.85. The van der Waals surface area contributed by atoms with Gasteiger partial charge in [0, 0.05) is 19.6 Å². The van der Waals surface area contributed by atoms with Gasteiger partial charge in [0.2, 0.25) is 0 Å². The average molecular weight is 206 g/mol. The van der Waals surface area contributed by atoms with E-state index in [9.17, 15) is 8.42 Å². The second kappa shape index (κ2) is 4.39. The minimum absolute atomic E-state index is 0.359. The van der Waals surface area contributed by atoms with Crippen LogP contribution >= 0.6 is 0 Å². The zero-order valence-electron chi connectivity index (χ0n) is 8.28. The molecule has 1 saturated heterocycles. The van der Waals surface area contributed by atoms with Crippen molar-refractivity contribution in [2.24, 2.45) is 5.92 Å². The van der Waals surface area contributed by atoms with Gasteiger partial charge in [-0.3, -0.25) is 0 Å². The molecule has 0 bridgehead atoms. The molecule has 5 heteroatoms. The van der Waals surface area contributed by atoms with Gasteiger partial charge in [0.05, 0.1) is 0 Å². The maximum atomic E-state index is 11.6. The Labute approximate surface area is 80.5 Å². The van der Waals surface area contributed by atoms with Crippen molar-refractivity contribution < 1.29 is 8.42 Å². The topological polar surface area (TPSA) is 49.4 Å². The van der Waals surface area contributed by atoms with E-state index in [1.807, 2.05) is 13.8 Å². The molecule has 0 spiro atoms. The fourth-order valence-corrected chi connectivity index (χ4v) is 2.76. The maximum Gasteiger partial charge on any atom is 0.279 e. The Morgan fingerprint density at radius 1 is 1.31 bits per heavy atom. The van der Waals surface area contributed by atoms with E-state index in [1.165, 1.54) is 4.31 Å². The molecule has 0 aromatic carbocycles. The Hall–Kier alpha value is -0.130. The summed E-state index contributed by atoms with van der Waals surface area (Å²) in [6.45, 7) is 5.86. The number of rotatable bonds is 4. The lowest BCUT2D eigenvalue weighted by atomic mass is 10.2. The third-order valence-corrected chi connectivity index (χ3v) is 3.66. The van der Waals surface area contributed by atoms with Gasteiger partial charge >= 0.3 is 0 Å². The molecule has 4 nitrogen and oxygen atoms in total. The minimum atomic E-state index is -3.17. The molecule has 78 valence electrons. The van der Waals surface area contributed by atoms with Gasteiger partial charge in [-0.25, -0.2) is 4.72 Å². The van der Waals surface area contributed by atoms with E-state index in [1.54, 1.807) is 0 Å². The summed E-state index contributed by atoms with van der Waals surface area (Å²) < 4.78 is 27.2. The maximum absolute atomic E-state index is 11.6. The largest absolute Gasteiger partial charge is 0.279 e. The van der Waals surface area contributed by atoms with Crippen molar-refractivity contribution in [1.82, 2.24) is 9.03 Å². The molecule has 1 N–H and O–H groups in total. The fraction of sp³-hybridized carbons (Fsp3) is 1.00. The van der Waals surface area contributed by atoms with Gasteiger partial charge < -0.3 is 0 Å². The molecule has 0 amide bonds. The summed E-state index contributed by atoms with van der Waals surface area (Å²) in [7, 11) is -3.17. The van der Waals surface area contributed by atoms with Crippen LogP contribution in [-0.2, 0) is 10.2 Å². The van der Waals surface area contributed by atoms with Crippen molar-refractivity contribution in [3.8, 4) is 0 Å². The summed E-state index contributed by atoms with van der Waals surface area (Å²) in [5.74, 6) is 0.359. The van der Waals surface area contributed by atoms with E-state index in [0.717, 1.165) is 12.8 Å². The predicted molar refractivity (Wildman–Crippen MR) is 52.6 cm³/mol. The monoisotopic (exact) mass is 206 g/mol. The molecule has 0 atom stereocenters. The highest BCUT2D eigenvalue weighted by atomic mass is 32.2. The van der Waals surface area contributed by atoms with E-state index in [0.29, 0.717) is 25.6 Å². The van der Waals surface area contributed by atoms with Crippen LogP contribution in [0.1, 0.15) is 26.7 Å². The summed E-state index contributed by atoms with van der Waals surface area (Å²) >= 11 is 0. The van der Waals surface area contributed by atoms with Crippen LogP contribution in [0.2, 0.25) is 0 Å².